The number of aromatic nitrogens is 1. The maximum absolute atomic E-state index is 12.0. The van der Waals surface area contributed by atoms with Crippen molar-refractivity contribution in [3.05, 3.63) is 30.1 Å². The average molecular weight is 262 g/mol. The van der Waals surface area contributed by atoms with Crippen molar-refractivity contribution in [2.24, 2.45) is 5.73 Å². The Morgan fingerprint density at radius 1 is 1.37 bits per heavy atom. The molecule has 0 spiro atoms. The van der Waals surface area contributed by atoms with E-state index >= 15 is 0 Å². The molecule has 1 aromatic rings. The number of pyridine rings is 1. The third-order valence-electron chi connectivity index (χ3n) is 3.59. The Morgan fingerprint density at radius 3 is 2.79 bits per heavy atom. The van der Waals surface area contributed by atoms with Crippen LogP contribution in [0.4, 0.5) is 0 Å². The number of carbonyl (C=O) groups is 1. The molecule has 5 heteroatoms. The van der Waals surface area contributed by atoms with Crippen LogP contribution in [-0.4, -0.2) is 53.4 Å². The summed E-state index contributed by atoms with van der Waals surface area (Å²) in [5.74, 6) is 0.152. The second-order valence-corrected chi connectivity index (χ2v) is 5.20. The summed E-state index contributed by atoms with van der Waals surface area (Å²) in [4.78, 5) is 20.3. The lowest BCUT2D eigenvalue weighted by Crippen LogP contribution is -2.43. The summed E-state index contributed by atoms with van der Waals surface area (Å²) in [5, 5.41) is 0. The first-order chi connectivity index (χ1) is 9.09. The number of hydrogen-bond donors (Lipinski definition) is 1. The van der Waals surface area contributed by atoms with Gasteiger partial charge in [0.15, 0.2) is 0 Å². The van der Waals surface area contributed by atoms with E-state index in [9.17, 15) is 4.79 Å². The van der Waals surface area contributed by atoms with E-state index in [0.29, 0.717) is 6.54 Å². The minimum Gasteiger partial charge on any atom is -0.345 e. The Labute approximate surface area is 114 Å². The zero-order chi connectivity index (χ0) is 13.8. The molecule has 2 N–H and O–H groups in total. The lowest BCUT2D eigenvalue weighted by Gasteiger charge is -2.32. The van der Waals surface area contributed by atoms with Gasteiger partial charge in [-0.15, -0.1) is 0 Å². The molecule has 0 bridgehead atoms. The number of hydrogen-bond acceptors (Lipinski definition) is 4. The molecule has 1 aliphatic heterocycles. The summed E-state index contributed by atoms with van der Waals surface area (Å²) in [7, 11) is 1.85. The highest BCUT2D eigenvalue weighted by Gasteiger charge is 2.29. The quantitative estimate of drug-likeness (QED) is 0.868. The zero-order valence-electron chi connectivity index (χ0n) is 11.6. The number of nitrogens with zero attached hydrogens (tertiary/aromatic N) is 3. The standard InChI is InChI=1S/C14H22N4O/c1-11(15)14(12-6-3-4-7-16-12)18-9-5-8-17(2)13(19)10-18/h3-4,6-7,11,14H,5,8-10,15H2,1-2H3. The van der Waals surface area contributed by atoms with Crippen molar-refractivity contribution in [1.29, 1.82) is 0 Å². The van der Waals surface area contributed by atoms with Gasteiger partial charge in [0, 0.05) is 32.4 Å². The van der Waals surface area contributed by atoms with Crippen LogP contribution in [0.15, 0.2) is 24.4 Å². The monoisotopic (exact) mass is 262 g/mol. The van der Waals surface area contributed by atoms with Crippen LogP contribution < -0.4 is 5.73 Å². The van der Waals surface area contributed by atoms with Gasteiger partial charge in [-0.05, 0) is 25.5 Å². The number of likely N-dealkylation sites (N-methyl/N-ethyl adjacent to an activating group) is 1. The van der Waals surface area contributed by atoms with Gasteiger partial charge >= 0.3 is 0 Å². The summed E-state index contributed by atoms with van der Waals surface area (Å²) in [6, 6.07) is 5.77. The predicted octanol–water partition coefficient (Wildman–Crippen LogP) is 0.634. The SMILES string of the molecule is CC(N)C(c1ccccn1)N1CCCN(C)C(=O)C1. The van der Waals surface area contributed by atoms with Crippen LogP contribution in [-0.2, 0) is 4.79 Å². The third-order valence-corrected chi connectivity index (χ3v) is 3.59. The van der Waals surface area contributed by atoms with Crippen LogP contribution in [0.2, 0.25) is 0 Å². The van der Waals surface area contributed by atoms with Crippen LogP contribution in [0.1, 0.15) is 25.1 Å². The fraction of sp³-hybridized carbons (Fsp3) is 0.571. The van der Waals surface area contributed by atoms with Crippen LogP contribution in [0.3, 0.4) is 0 Å². The topological polar surface area (TPSA) is 62.5 Å². The fourth-order valence-electron chi connectivity index (χ4n) is 2.59. The van der Waals surface area contributed by atoms with Gasteiger partial charge < -0.3 is 10.6 Å². The summed E-state index contributed by atoms with van der Waals surface area (Å²) < 4.78 is 0. The molecule has 0 saturated carbocycles. The Balaban J connectivity index is 2.22. The Hall–Kier alpha value is -1.46. The van der Waals surface area contributed by atoms with Gasteiger partial charge in [-0.1, -0.05) is 6.07 Å². The molecule has 5 nitrogen and oxygen atoms in total. The molecule has 0 aromatic carbocycles. The number of nitrogens with two attached hydrogens (primary N) is 1. The molecule has 19 heavy (non-hydrogen) atoms. The smallest absolute Gasteiger partial charge is 0.236 e. The lowest BCUT2D eigenvalue weighted by molar-refractivity contribution is -0.130. The van der Waals surface area contributed by atoms with Crippen molar-refractivity contribution in [3.8, 4) is 0 Å². The molecule has 2 unspecified atom stereocenters. The molecule has 0 radical (unpaired) electrons. The molecule has 2 heterocycles. The highest BCUT2D eigenvalue weighted by Crippen LogP contribution is 2.23. The molecule has 1 amide bonds. The van der Waals surface area contributed by atoms with Crippen molar-refractivity contribution in [3.63, 3.8) is 0 Å². The predicted molar refractivity (Wildman–Crippen MR) is 74.5 cm³/mol. The van der Waals surface area contributed by atoms with Gasteiger partial charge in [0.1, 0.15) is 0 Å². The van der Waals surface area contributed by atoms with E-state index in [2.05, 4.69) is 9.88 Å². The number of amides is 1. The van der Waals surface area contributed by atoms with Gasteiger partial charge in [0.25, 0.3) is 0 Å². The minimum absolute atomic E-state index is 0.00310. The fourth-order valence-corrected chi connectivity index (χ4v) is 2.59. The van der Waals surface area contributed by atoms with Crippen molar-refractivity contribution in [1.82, 2.24) is 14.8 Å². The molecule has 1 saturated heterocycles. The number of carbonyl (C=O) groups excluding carboxylic acids is 1. The van der Waals surface area contributed by atoms with Gasteiger partial charge in [0.2, 0.25) is 5.91 Å². The van der Waals surface area contributed by atoms with E-state index in [1.54, 1.807) is 11.1 Å². The van der Waals surface area contributed by atoms with Crippen LogP contribution in [0.5, 0.6) is 0 Å². The zero-order valence-corrected chi connectivity index (χ0v) is 11.6. The summed E-state index contributed by atoms with van der Waals surface area (Å²) in [5.41, 5.74) is 7.06. The second-order valence-electron chi connectivity index (χ2n) is 5.20. The van der Waals surface area contributed by atoms with Gasteiger partial charge in [-0.25, -0.2) is 0 Å². The largest absolute Gasteiger partial charge is 0.345 e. The highest BCUT2D eigenvalue weighted by molar-refractivity contribution is 5.78. The average Bonchev–Trinajstić information content (AvgIpc) is 2.53. The second kappa shape index (κ2) is 6.12. The molecule has 1 aromatic heterocycles. The maximum atomic E-state index is 12.0. The molecule has 2 rings (SSSR count). The minimum atomic E-state index is -0.0638. The van der Waals surface area contributed by atoms with Gasteiger partial charge in [-0.2, -0.15) is 0 Å². The molecular formula is C14H22N4O. The summed E-state index contributed by atoms with van der Waals surface area (Å²) in [6.45, 7) is 4.07. The first-order valence-electron chi connectivity index (χ1n) is 6.74. The van der Waals surface area contributed by atoms with E-state index in [-0.39, 0.29) is 18.0 Å². The summed E-state index contributed by atoms with van der Waals surface area (Å²) in [6.07, 6.45) is 2.74. The van der Waals surface area contributed by atoms with Gasteiger partial charge in [0.05, 0.1) is 18.3 Å². The van der Waals surface area contributed by atoms with Crippen molar-refractivity contribution >= 4 is 5.91 Å². The highest BCUT2D eigenvalue weighted by atomic mass is 16.2. The normalized spacial score (nSPS) is 21.0. The van der Waals surface area contributed by atoms with E-state index in [4.69, 9.17) is 5.73 Å². The summed E-state index contributed by atoms with van der Waals surface area (Å²) >= 11 is 0. The third kappa shape index (κ3) is 3.30. The maximum Gasteiger partial charge on any atom is 0.236 e. The van der Waals surface area contributed by atoms with E-state index in [1.807, 2.05) is 32.2 Å². The molecule has 1 aliphatic rings. The van der Waals surface area contributed by atoms with E-state index < -0.39 is 0 Å². The van der Waals surface area contributed by atoms with E-state index in [0.717, 1.165) is 25.2 Å². The lowest BCUT2D eigenvalue weighted by atomic mass is 10.0. The molecule has 0 aliphatic carbocycles. The first kappa shape index (κ1) is 14.0. The molecule has 1 fully saturated rings. The first-order valence-corrected chi connectivity index (χ1v) is 6.74. The van der Waals surface area contributed by atoms with Crippen molar-refractivity contribution < 1.29 is 4.79 Å². The Bertz CT molecular complexity index is 421. The van der Waals surface area contributed by atoms with Gasteiger partial charge in [-0.3, -0.25) is 14.7 Å². The van der Waals surface area contributed by atoms with E-state index in [1.165, 1.54) is 0 Å². The Kier molecular flexibility index (Phi) is 4.50. The number of rotatable bonds is 3. The van der Waals surface area contributed by atoms with Crippen molar-refractivity contribution in [2.75, 3.05) is 26.7 Å². The molecule has 2 atom stereocenters. The molecule has 104 valence electrons. The molecular weight excluding hydrogens is 240 g/mol. The van der Waals surface area contributed by atoms with Crippen LogP contribution in [0, 0.1) is 0 Å². The van der Waals surface area contributed by atoms with Crippen LogP contribution >= 0.6 is 0 Å². The van der Waals surface area contributed by atoms with Crippen LogP contribution in [0.25, 0.3) is 0 Å². The Morgan fingerprint density at radius 2 is 2.16 bits per heavy atom. The van der Waals surface area contributed by atoms with Crippen molar-refractivity contribution in [2.45, 2.75) is 25.4 Å².